The maximum atomic E-state index is 11.3. The van der Waals surface area contributed by atoms with E-state index in [1.807, 2.05) is 0 Å². The molecule has 0 atom stereocenters. The van der Waals surface area contributed by atoms with Crippen LogP contribution in [-0.2, 0) is 7.05 Å². The van der Waals surface area contributed by atoms with E-state index in [0.29, 0.717) is 17.2 Å². The summed E-state index contributed by atoms with van der Waals surface area (Å²) in [5.41, 5.74) is 0.464. The zero-order chi connectivity index (χ0) is 11.5. The van der Waals surface area contributed by atoms with Crippen molar-refractivity contribution in [1.82, 2.24) is 14.8 Å². The maximum Gasteiger partial charge on any atom is 0.230 e. The van der Waals surface area contributed by atoms with Gasteiger partial charge in [-0.05, 0) is 19.1 Å². The Morgan fingerprint density at radius 3 is 2.94 bits per heavy atom. The van der Waals surface area contributed by atoms with Crippen LogP contribution in [0.1, 0.15) is 17.3 Å². The number of aromatic nitrogens is 3. The zero-order valence-electron chi connectivity index (χ0n) is 9.04. The Morgan fingerprint density at radius 1 is 1.50 bits per heavy atom. The fourth-order valence-corrected chi connectivity index (χ4v) is 1.30. The number of carbonyl (C=O) groups is 1. The second kappa shape index (κ2) is 4.14. The normalized spacial score (nSPS) is 10.1. The number of carbonyl (C=O) groups excluding carboxylic acids is 1. The summed E-state index contributed by atoms with van der Waals surface area (Å²) in [6, 6.07) is 3.38. The molecule has 0 saturated carbocycles. The molecule has 5 heteroatoms. The number of Topliss-reactive ketones (excluding diaryl/α,β-unsaturated/α-hetero) is 1. The third kappa shape index (κ3) is 2.08. The molecule has 0 aliphatic carbocycles. The lowest BCUT2D eigenvalue weighted by Crippen LogP contribution is -1.98. The zero-order valence-corrected chi connectivity index (χ0v) is 9.04. The van der Waals surface area contributed by atoms with Gasteiger partial charge in [-0.1, -0.05) is 0 Å². The number of ketones is 1. The van der Waals surface area contributed by atoms with Gasteiger partial charge >= 0.3 is 0 Å². The van der Waals surface area contributed by atoms with Crippen LogP contribution in [0, 0.1) is 0 Å². The average Bonchev–Trinajstić information content (AvgIpc) is 2.64. The first-order chi connectivity index (χ1) is 7.66. The summed E-state index contributed by atoms with van der Waals surface area (Å²) in [5.74, 6) is 0.790. The quantitative estimate of drug-likeness (QED) is 0.736. The van der Waals surface area contributed by atoms with Gasteiger partial charge in [-0.3, -0.25) is 9.48 Å². The van der Waals surface area contributed by atoms with E-state index in [9.17, 15) is 4.79 Å². The number of rotatable bonds is 3. The smallest absolute Gasteiger partial charge is 0.230 e. The van der Waals surface area contributed by atoms with Crippen molar-refractivity contribution in [3.63, 3.8) is 0 Å². The molecule has 0 spiro atoms. The first-order valence-corrected chi connectivity index (χ1v) is 4.79. The van der Waals surface area contributed by atoms with Crippen LogP contribution in [0.4, 0.5) is 0 Å². The largest absolute Gasteiger partial charge is 0.435 e. The molecule has 5 nitrogen and oxygen atoms in total. The van der Waals surface area contributed by atoms with Crippen LogP contribution >= 0.6 is 0 Å². The van der Waals surface area contributed by atoms with E-state index in [4.69, 9.17) is 4.74 Å². The molecule has 0 saturated heterocycles. The summed E-state index contributed by atoms with van der Waals surface area (Å²) in [5, 5.41) is 3.97. The summed E-state index contributed by atoms with van der Waals surface area (Å²) >= 11 is 0. The highest BCUT2D eigenvalue weighted by Gasteiger charge is 2.10. The van der Waals surface area contributed by atoms with Gasteiger partial charge in [-0.25, -0.2) is 4.98 Å². The molecule has 0 unspecified atom stereocenters. The van der Waals surface area contributed by atoms with E-state index in [1.54, 1.807) is 42.5 Å². The summed E-state index contributed by atoms with van der Waals surface area (Å²) in [6.45, 7) is 1.48. The predicted molar refractivity (Wildman–Crippen MR) is 57.5 cm³/mol. The first kappa shape index (κ1) is 10.4. The highest BCUT2D eigenvalue weighted by atomic mass is 16.5. The van der Waals surface area contributed by atoms with Crippen molar-refractivity contribution >= 4 is 5.78 Å². The lowest BCUT2D eigenvalue weighted by molar-refractivity contribution is 0.101. The van der Waals surface area contributed by atoms with Gasteiger partial charge in [0, 0.05) is 13.2 Å². The fourth-order valence-electron chi connectivity index (χ4n) is 1.30. The Morgan fingerprint density at radius 2 is 2.31 bits per heavy atom. The van der Waals surface area contributed by atoms with Crippen LogP contribution < -0.4 is 4.74 Å². The van der Waals surface area contributed by atoms with Crippen LogP contribution in [0.3, 0.4) is 0 Å². The summed E-state index contributed by atoms with van der Waals surface area (Å²) in [6.07, 6.45) is 4.86. The van der Waals surface area contributed by atoms with E-state index in [-0.39, 0.29) is 5.78 Å². The molecule has 0 radical (unpaired) electrons. The van der Waals surface area contributed by atoms with E-state index < -0.39 is 0 Å². The van der Waals surface area contributed by atoms with Gasteiger partial charge in [-0.2, -0.15) is 5.10 Å². The Hall–Kier alpha value is -2.17. The van der Waals surface area contributed by atoms with Crippen molar-refractivity contribution < 1.29 is 9.53 Å². The Bertz CT molecular complexity index is 519. The molecular formula is C11H11N3O2. The topological polar surface area (TPSA) is 57.0 Å². The lowest BCUT2D eigenvalue weighted by atomic mass is 10.2. The number of hydrogen-bond acceptors (Lipinski definition) is 4. The molecule has 0 aromatic carbocycles. The molecule has 0 bridgehead atoms. The molecular weight excluding hydrogens is 206 g/mol. The van der Waals surface area contributed by atoms with Crippen LogP contribution in [0.5, 0.6) is 11.6 Å². The molecule has 2 aromatic heterocycles. The molecule has 0 N–H and O–H groups in total. The van der Waals surface area contributed by atoms with Gasteiger partial charge in [0.15, 0.2) is 11.5 Å². The monoisotopic (exact) mass is 217 g/mol. The van der Waals surface area contributed by atoms with Crippen LogP contribution in [0.2, 0.25) is 0 Å². The molecule has 16 heavy (non-hydrogen) atoms. The molecule has 2 heterocycles. The SMILES string of the molecule is CC(=O)c1cccnc1Oc1cnn(C)c1. The summed E-state index contributed by atoms with van der Waals surface area (Å²) in [7, 11) is 1.79. The first-order valence-electron chi connectivity index (χ1n) is 4.79. The fraction of sp³-hybridized carbons (Fsp3) is 0.182. The van der Waals surface area contributed by atoms with Crippen molar-refractivity contribution in [2.75, 3.05) is 0 Å². The van der Waals surface area contributed by atoms with E-state index in [1.165, 1.54) is 6.92 Å². The molecule has 0 fully saturated rings. The van der Waals surface area contributed by atoms with Crippen molar-refractivity contribution in [1.29, 1.82) is 0 Å². The highest BCUT2D eigenvalue weighted by Crippen LogP contribution is 2.22. The van der Waals surface area contributed by atoms with E-state index >= 15 is 0 Å². The minimum Gasteiger partial charge on any atom is -0.435 e. The van der Waals surface area contributed by atoms with Gasteiger partial charge in [-0.15, -0.1) is 0 Å². The van der Waals surface area contributed by atoms with Crippen molar-refractivity contribution in [2.45, 2.75) is 6.92 Å². The van der Waals surface area contributed by atoms with Gasteiger partial charge < -0.3 is 4.74 Å². The van der Waals surface area contributed by atoms with Crippen molar-refractivity contribution in [3.8, 4) is 11.6 Å². The van der Waals surface area contributed by atoms with E-state index in [2.05, 4.69) is 10.1 Å². The standard InChI is InChI=1S/C11H11N3O2/c1-8(15)10-4-3-5-12-11(10)16-9-6-13-14(2)7-9/h3-7H,1-2H3. The van der Waals surface area contributed by atoms with Gasteiger partial charge in [0.2, 0.25) is 5.88 Å². The highest BCUT2D eigenvalue weighted by molar-refractivity contribution is 5.96. The second-order valence-corrected chi connectivity index (χ2v) is 3.36. The van der Waals surface area contributed by atoms with Crippen molar-refractivity contribution in [2.24, 2.45) is 7.05 Å². The number of pyridine rings is 1. The van der Waals surface area contributed by atoms with Crippen LogP contribution in [0.15, 0.2) is 30.7 Å². The summed E-state index contributed by atoms with van der Waals surface area (Å²) < 4.78 is 7.09. The third-order valence-electron chi connectivity index (χ3n) is 2.05. The average molecular weight is 217 g/mol. The van der Waals surface area contributed by atoms with Crippen LogP contribution in [-0.4, -0.2) is 20.5 Å². The molecule has 0 aliphatic rings. The summed E-state index contributed by atoms with van der Waals surface area (Å²) in [4.78, 5) is 15.3. The van der Waals surface area contributed by atoms with Gasteiger partial charge in [0.1, 0.15) is 0 Å². The molecule has 2 aromatic rings. The Kier molecular flexibility index (Phi) is 2.68. The van der Waals surface area contributed by atoms with Gasteiger partial charge in [0.05, 0.1) is 18.0 Å². The number of ether oxygens (including phenoxy) is 1. The van der Waals surface area contributed by atoms with Gasteiger partial charge in [0.25, 0.3) is 0 Å². The minimum absolute atomic E-state index is 0.0769. The van der Waals surface area contributed by atoms with Crippen molar-refractivity contribution in [3.05, 3.63) is 36.3 Å². The molecule has 0 amide bonds. The molecule has 82 valence electrons. The number of hydrogen-bond donors (Lipinski definition) is 0. The third-order valence-corrected chi connectivity index (χ3v) is 2.05. The lowest BCUT2D eigenvalue weighted by Gasteiger charge is -2.04. The minimum atomic E-state index is -0.0769. The molecule has 0 aliphatic heterocycles. The molecule has 2 rings (SSSR count). The maximum absolute atomic E-state index is 11.3. The Balaban J connectivity index is 2.31. The van der Waals surface area contributed by atoms with Crippen LogP contribution in [0.25, 0.3) is 0 Å². The number of aryl methyl sites for hydroxylation is 1. The predicted octanol–water partition coefficient (Wildman–Crippen LogP) is 1.81. The van der Waals surface area contributed by atoms with E-state index in [0.717, 1.165) is 0 Å². The second-order valence-electron chi connectivity index (χ2n) is 3.36. The Labute approximate surface area is 92.7 Å². The number of nitrogens with zero attached hydrogens (tertiary/aromatic N) is 3.